The first-order valence-corrected chi connectivity index (χ1v) is 11.2. The summed E-state index contributed by atoms with van der Waals surface area (Å²) in [5.74, 6) is 2.46. The Bertz CT molecular complexity index is 911. The quantitative estimate of drug-likeness (QED) is 0.340. The topological polar surface area (TPSA) is 61.3 Å². The molecule has 28 heavy (non-hydrogen) atoms. The molecule has 1 heterocycles. The number of methoxy groups -OCH3 is 2. The molecule has 1 atom stereocenters. The van der Waals surface area contributed by atoms with Crippen molar-refractivity contribution in [3.8, 4) is 11.5 Å². The summed E-state index contributed by atoms with van der Waals surface area (Å²) in [6, 6.07) is 15.1. The number of hydrogen-bond donors (Lipinski definition) is 0. The minimum Gasteiger partial charge on any atom is -0.497 e. The van der Waals surface area contributed by atoms with Crippen LogP contribution in [0.2, 0.25) is 0 Å². The van der Waals surface area contributed by atoms with E-state index in [4.69, 9.17) is 9.47 Å². The molecular weight excluding hydrogens is 412 g/mol. The summed E-state index contributed by atoms with van der Waals surface area (Å²) in [5, 5.41) is 8.21. The van der Waals surface area contributed by atoms with Crippen molar-refractivity contribution in [3.05, 3.63) is 59.7 Å². The second-order valence-electron chi connectivity index (χ2n) is 5.82. The van der Waals surface area contributed by atoms with Gasteiger partial charge in [0.25, 0.3) is 0 Å². The number of carbonyl (C=O) groups is 1. The van der Waals surface area contributed by atoms with Gasteiger partial charge in [-0.05, 0) is 48.9 Å². The van der Waals surface area contributed by atoms with Gasteiger partial charge in [-0.1, -0.05) is 47.0 Å². The van der Waals surface area contributed by atoms with E-state index in [0.717, 1.165) is 25.9 Å². The summed E-state index contributed by atoms with van der Waals surface area (Å²) in [6.45, 7) is 1.89. The van der Waals surface area contributed by atoms with Crippen molar-refractivity contribution in [1.82, 2.24) is 10.2 Å². The van der Waals surface area contributed by atoms with Crippen molar-refractivity contribution in [2.75, 3.05) is 14.2 Å². The van der Waals surface area contributed by atoms with Gasteiger partial charge >= 0.3 is 0 Å². The lowest BCUT2D eigenvalue weighted by Gasteiger charge is -2.08. The fourth-order valence-electron chi connectivity index (χ4n) is 2.36. The summed E-state index contributed by atoms with van der Waals surface area (Å²) >= 11 is 4.59. The van der Waals surface area contributed by atoms with Crippen LogP contribution in [-0.2, 0) is 5.75 Å². The molecule has 0 N–H and O–H groups in total. The van der Waals surface area contributed by atoms with Crippen LogP contribution in [0.5, 0.6) is 11.5 Å². The van der Waals surface area contributed by atoms with Crippen LogP contribution in [-0.4, -0.2) is 35.5 Å². The molecule has 0 saturated carbocycles. The molecule has 0 aliphatic rings. The summed E-state index contributed by atoms with van der Waals surface area (Å²) in [7, 11) is 3.26. The Morgan fingerprint density at radius 1 is 0.964 bits per heavy atom. The van der Waals surface area contributed by atoms with E-state index in [9.17, 15) is 4.79 Å². The first kappa shape index (κ1) is 20.7. The van der Waals surface area contributed by atoms with Crippen molar-refractivity contribution in [1.29, 1.82) is 0 Å². The number of rotatable bonds is 9. The van der Waals surface area contributed by atoms with Gasteiger partial charge in [0.1, 0.15) is 11.5 Å². The maximum absolute atomic E-state index is 12.6. The maximum Gasteiger partial charge on any atom is 0.175 e. The molecule has 0 amide bonds. The molecule has 2 aromatic carbocycles. The minimum atomic E-state index is -0.235. The molecule has 0 radical (unpaired) electrons. The molecular formula is C20H20N2O3S3. The van der Waals surface area contributed by atoms with Crippen molar-refractivity contribution in [2.45, 2.75) is 26.6 Å². The van der Waals surface area contributed by atoms with Crippen LogP contribution in [0.25, 0.3) is 0 Å². The first-order valence-electron chi connectivity index (χ1n) is 8.53. The van der Waals surface area contributed by atoms with Crippen LogP contribution < -0.4 is 9.47 Å². The Labute approximate surface area is 176 Å². The Morgan fingerprint density at radius 2 is 1.54 bits per heavy atom. The summed E-state index contributed by atoms with van der Waals surface area (Å²) < 4.78 is 12.0. The van der Waals surface area contributed by atoms with E-state index in [0.29, 0.717) is 5.56 Å². The lowest BCUT2D eigenvalue weighted by molar-refractivity contribution is 0.0994. The third-order valence-corrected chi connectivity index (χ3v) is 7.24. The molecule has 0 spiro atoms. The fourth-order valence-corrected chi connectivity index (χ4v) is 5.56. The molecule has 0 fully saturated rings. The molecule has 0 aliphatic carbocycles. The smallest absolute Gasteiger partial charge is 0.175 e. The fraction of sp³-hybridized carbons (Fsp3) is 0.250. The second-order valence-corrected chi connectivity index (χ2v) is 9.61. The monoisotopic (exact) mass is 432 g/mol. The van der Waals surface area contributed by atoms with Gasteiger partial charge < -0.3 is 9.47 Å². The highest BCUT2D eigenvalue weighted by Gasteiger charge is 2.19. The van der Waals surface area contributed by atoms with E-state index < -0.39 is 0 Å². The predicted molar refractivity (Wildman–Crippen MR) is 115 cm³/mol. The number of carbonyl (C=O) groups excluding carboxylic acids is 1. The van der Waals surface area contributed by atoms with Gasteiger partial charge in [-0.25, -0.2) is 0 Å². The molecule has 1 aromatic heterocycles. The highest BCUT2D eigenvalue weighted by molar-refractivity contribution is 8.03. The minimum absolute atomic E-state index is 0.0651. The highest BCUT2D eigenvalue weighted by atomic mass is 32.2. The second kappa shape index (κ2) is 9.95. The SMILES string of the molecule is COc1ccc(CSc2nnc(SC(C)C(=O)c3ccc(OC)cc3)s2)cc1. The number of Topliss-reactive ketones (excluding diaryl/α,β-unsaturated/α-hetero) is 1. The Balaban J connectivity index is 1.54. The van der Waals surface area contributed by atoms with Crippen LogP contribution in [0.4, 0.5) is 0 Å². The maximum atomic E-state index is 12.6. The third kappa shape index (κ3) is 5.50. The average Bonchev–Trinajstić information content (AvgIpc) is 3.19. The van der Waals surface area contributed by atoms with Crippen LogP contribution in [0.1, 0.15) is 22.8 Å². The number of thioether (sulfide) groups is 2. The van der Waals surface area contributed by atoms with E-state index in [1.807, 2.05) is 31.2 Å². The van der Waals surface area contributed by atoms with Crippen molar-refractivity contribution >= 4 is 40.6 Å². The zero-order chi connectivity index (χ0) is 19.9. The number of hydrogen-bond acceptors (Lipinski definition) is 8. The Kier molecular flexibility index (Phi) is 7.36. The van der Waals surface area contributed by atoms with E-state index in [2.05, 4.69) is 10.2 Å². The van der Waals surface area contributed by atoms with Crippen LogP contribution in [0.3, 0.4) is 0 Å². The van der Waals surface area contributed by atoms with Crippen molar-refractivity contribution < 1.29 is 14.3 Å². The van der Waals surface area contributed by atoms with E-state index in [-0.39, 0.29) is 11.0 Å². The van der Waals surface area contributed by atoms with Crippen molar-refractivity contribution in [2.24, 2.45) is 0 Å². The summed E-state index contributed by atoms with van der Waals surface area (Å²) in [5.41, 5.74) is 1.86. The Hall–Kier alpha value is -2.03. The van der Waals surface area contributed by atoms with Gasteiger partial charge in [-0.15, -0.1) is 10.2 Å². The van der Waals surface area contributed by atoms with Gasteiger partial charge in [0, 0.05) is 11.3 Å². The molecule has 1 unspecified atom stereocenters. The van der Waals surface area contributed by atoms with Crippen LogP contribution >= 0.6 is 34.9 Å². The number of benzene rings is 2. The largest absolute Gasteiger partial charge is 0.497 e. The molecule has 3 aromatic rings. The normalized spacial score (nSPS) is 11.8. The van der Waals surface area contributed by atoms with E-state index in [1.165, 1.54) is 28.7 Å². The molecule has 8 heteroatoms. The van der Waals surface area contributed by atoms with Gasteiger partial charge in [-0.2, -0.15) is 0 Å². The third-order valence-electron chi connectivity index (χ3n) is 3.93. The first-order chi connectivity index (χ1) is 13.6. The lowest BCUT2D eigenvalue weighted by atomic mass is 10.1. The summed E-state index contributed by atoms with van der Waals surface area (Å²) in [4.78, 5) is 12.6. The average molecular weight is 433 g/mol. The molecule has 0 aliphatic heterocycles. The standard InChI is InChI=1S/C20H20N2O3S3/c1-13(18(23)15-6-10-17(25-3)11-7-15)27-20-22-21-19(28-20)26-12-14-4-8-16(24-2)9-5-14/h4-11,13H,12H2,1-3H3. The van der Waals surface area contributed by atoms with E-state index in [1.54, 1.807) is 50.2 Å². The molecule has 146 valence electrons. The van der Waals surface area contributed by atoms with Gasteiger partial charge in [0.15, 0.2) is 14.5 Å². The number of ketones is 1. The Morgan fingerprint density at radius 3 is 2.14 bits per heavy atom. The number of nitrogens with zero attached hydrogens (tertiary/aromatic N) is 2. The van der Waals surface area contributed by atoms with E-state index >= 15 is 0 Å². The molecule has 0 bridgehead atoms. The zero-order valence-electron chi connectivity index (χ0n) is 15.7. The molecule has 0 saturated heterocycles. The number of aromatic nitrogens is 2. The molecule has 5 nitrogen and oxygen atoms in total. The van der Waals surface area contributed by atoms with Crippen molar-refractivity contribution in [3.63, 3.8) is 0 Å². The molecule has 3 rings (SSSR count). The van der Waals surface area contributed by atoms with Gasteiger partial charge in [0.05, 0.1) is 19.5 Å². The lowest BCUT2D eigenvalue weighted by Crippen LogP contribution is -2.13. The highest BCUT2D eigenvalue weighted by Crippen LogP contribution is 2.33. The van der Waals surface area contributed by atoms with Crippen LogP contribution in [0.15, 0.2) is 57.2 Å². The zero-order valence-corrected chi connectivity index (χ0v) is 18.2. The summed E-state index contributed by atoms with van der Waals surface area (Å²) in [6.07, 6.45) is 0. The van der Waals surface area contributed by atoms with Gasteiger partial charge in [-0.3, -0.25) is 4.79 Å². The van der Waals surface area contributed by atoms with Gasteiger partial charge in [0.2, 0.25) is 0 Å². The van der Waals surface area contributed by atoms with Crippen LogP contribution in [0, 0.1) is 0 Å². The number of ether oxygens (including phenoxy) is 2. The predicted octanol–water partition coefficient (Wildman–Crippen LogP) is 5.21.